The van der Waals surface area contributed by atoms with Gasteiger partial charge in [0, 0.05) is 31.7 Å². The van der Waals surface area contributed by atoms with E-state index in [4.69, 9.17) is 4.74 Å². The lowest BCUT2D eigenvalue weighted by Crippen LogP contribution is -2.56. The highest BCUT2D eigenvalue weighted by molar-refractivity contribution is 5.38. The van der Waals surface area contributed by atoms with Gasteiger partial charge in [0.1, 0.15) is 12.4 Å². The van der Waals surface area contributed by atoms with Crippen molar-refractivity contribution in [1.82, 2.24) is 15.1 Å². The Morgan fingerprint density at radius 1 is 1.20 bits per heavy atom. The topological polar surface area (TPSA) is 27.7 Å². The Bertz CT molecular complexity index is 443. The second-order valence-electron chi connectivity index (χ2n) is 5.65. The Morgan fingerprint density at radius 2 is 1.95 bits per heavy atom. The first-order valence-corrected chi connectivity index (χ1v) is 7.69. The van der Waals surface area contributed by atoms with E-state index in [-0.39, 0.29) is 0 Å². The van der Waals surface area contributed by atoms with Gasteiger partial charge in [-0.15, -0.1) is 0 Å². The fourth-order valence-electron chi connectivity index (χ4n) is 3.42. The van der Waals surface area contributed by atoms with Crippen molar-refractivity contribution in [2.75, 3.05) is 46.4 Å². The van der Waals surface area contributed by atoms with Gasteiger partial charge in [-0.25, -0.2) is 0 Å². The first-order valence-electron chi connectivity index (χ1n) is 7.69. The lowest BCUT2D eigenvalue weighted by atomic mass is 9.95. The molecule has 0 saturated carbocycles. The number of hydrogen-bond donors (Lipinski definition) is 1. The predicted molar refractivity (Wildman–Crippen MR) is 81.2 cm³/mol. The largest absolute Gasteiger partial charge is 0.492 e. The zero-order valence-corrected chi connectivity index (χ0v) is 12.5. The smallest absolute Gasteiger partial charge is 0.124 e. The molecule has 4 nitrogen and oxygen atoms in total. The zero-order chi connectivity index (χ0) is 13.9. The lowest BCUT2D eigenvalue weighted by Gasteiger charge is -2.44. The standard InChI is InChI=1S/C16H25N3O/c1-3-18-8-10-19(11-9-18)14-12-20-15-7-5-4-6-13(15)16(14)17-2/h4-7,14,16-17H,3,8-12H2,1-2H3. The van der Waals surface area contributed by atoms with Crippen LogP contribution >= 0.6 is 0 Å². The van der Waals surface area contributed by atoms with Crippen molar-refractivity contribution in [3.05, 3.63) is 29.8 Å². The van der Waals surface area contributed by atoms with Crippen molar-refractivity contribution in [3.8, 4) is 5.75 Å². The molecule has 0 bridgehead atoms. The van der Waals surface area contributed by atoms with Crippen LogP contribution in [-0.2, 0) is 0 Å². The summed E-state index contributed by atoms with van der Waals surface area (Å²) in [6, 6.07) is 9.22. The summed E-state index contributed by atoms with van der Waals surface area (Å²) in [4.78, 5) is 5.10. The SMILES string of the molecule is CCN1CCN(C2COc3ccccc3C2NC)CC1. The summed E-state index contributed by atoms with van der Waals surface area (Å²) in [6.07, 6.45) is 0. The maximum absolute atomic E-state index is 5.98. The van der Waals surface area contributed by atoms with Gasteiger partial charge in [0.15, 0.2) is 0 Å². The van der Waals surface area contributed by atoms with Crippen LogP contribution in [0.25, 0.3) is 0 Å². The molecule has 2 aliphatic heterocycles. The van der Waals surface area contributed by atoms with Crippen LogP contribution in [0.5, 0.6) is 5.75 Å². The van der Waals surface area contributed by atoms with Gasteiger partial charge in [-0.1, -0.05) is 25.1 Å². The molecule has 1 aromatic rings. The van der Waals surface area contributed by atoms with E-state index in [2.05, 4.69) is 47.3 Å². The van der Waals surface area contributed by atoms with Crippen molar-refractivity contribution < 1.29 is 4.74 Å². The van der Waals surface area contributed by atoms with Crippen LogP contribution in [0.1, 0.15) is 18.5 Å². The molecule has 0 spiro atoms. The third-order valence-electron chi connectivity index (χ3n) is 4.68. The number of nitrogens with one attached hydrogen (secondary N) is 1. The summed E-state index contributed by atoms with van der Waals surface area (Å²) >= 11 is 0. The van der Waals surface area contributed by atoms with E-state index < -0.39 is 0 Å². The van der Waals surface area contributed by atoms with Crippen LogP contribution in [-0.4, -0.2) is 62.2 Å². The van der Waals surface area contributed by atoms with Crippen molar-refractivity contribution in [2.24, 2.45) is 0 Å². The van der Waals surface area contributed by atoms with E-state index >= 15 is 0 Å². The Hall–Kier alpha value is -1.10. The Morgan fingerprint density at radius 3 is 2.65 bits per heavy atom. The number of fused-ring (bicyclic) bond motifs is 1. The Kier molecular flexibility index (Phi) is 4.24. The van der Waals surface area contributed by atoms with Crippen LogP contribution in [0.2, 0.25) is 0 Å². The van der Waals surface area contributed by atoms with Gasteiger partial charge in [-0.2, -0.15) is 0 Å². The molecular formula is C16H25N3O. The number of likely N-dealkylation sites (N-methyl/N-ethyl adjacent to an activating group) is 2. The minimum atomic E-state index is 0.369. The first-order chi connectivity index (χ1) is 9.83. The molecule has 4 heteroatoms. The second kappa shape index (κ2) is 6.12. The minimum absolute atomic E-state index is 0.369. The molecule has 110 valence electrons. The van der Waals surface area contributed by atoms with E-state index in [1.807, 2.05) is 6.07 Å². The fourth-order valence-corrected chi connectivity index (χ4v) is 3.42. The summed E-state index contributed by atoms with van der Waals surface area (Å²) < 4.78 is 5.98. The highest BCUT2D eigenvalue weighted by atomic mass is 16.5. The number of benzene rings is 1. The summed E-state index contributed by atoms with van der Waals surface area (Å²) in [6.45, 7) is 8.81. The van der Waals surface area contributed by atoms with E-state index in [1.165, 1.54) is 18.7 Å². The van der Waals surface area contributed by atoms with Gasteiger partial charge in [0.2, 0.25) is 0 Å². The number of ether oxygens (including phenoxy) is 1. The molecule has 20 heavy (non-hydrogen) atoms. The normalized spacial score (nSPS) is 27.9. The predicted octanol–water partition coefficient (Wildman–Crippen LogP) is 1.35. The molecule has 0 radical (unpaired) electrons. The molecule has 0 aromatic heterocycles. The molecule has 2 heterocycles. The van der Waals surface area contributed by atoms with Gasteiger partial charge >= 0.3 is 0 Å². The summed E-state index contributed by atoms with van der Waals surface area (Å²) in [5.74, 6) is 1.04. The molecule has 1 N–H and O–H groups in total. The average Bonchev–Trinajstić information content (AvgIpc) is 2.54. The van der Waals surface area contributed by atoms with Crippen LogP contribution in [0.15, 0.2) is 24.3 Å². The maximum Gasteiger partial charge on any atom is 0.124 e. The molecule has 2 unspecified atom stereocenters. The third kappa shape index (κ3) is 2.55. The van der Waals surface area contributed by atoms with Crippen molar-refractivity contribution >= 4 is 0 Å². The summed E-state index contributed by atoms with van der Waals surface area (Å²) in [5.41, 5.74) is 1.30. The van der Waals surface area contributed by atoms with Crippen LogP contribution < -0.4 is 10.1 Å². The molecule has 2 atom stereocenters. The van der Waals surface area contributed by atoms with E-state index in [0.29, 0.717) is 12.1 Å². The van der Waals surface area contributed by atoms with Crippen LogP contribution in [0.4, 0.5) is 0 Å². The monoisotopic (exact) mass is 275 g/mol. The minimum Gasteiger partial charge on any atom is -0.492 e. The van der Waals surface area contributed by atoms with Crippen molar-refractivity contribution in [3.63, 3.8) is 0 Å². The summed E-state index contributed by atoms with van der Waals surface area (Å²) in [7, 11) is 2.06. The number of piperazine rings is 1. The van der Waals surface area contributed by atoms with Gasteiger partial charge < -0.3 is 15.0 Å². The number of hydrogen-bond acceptors (Lipinski definition) is 4. The maximum atomic E-state index is 5.98. The molecule has 1 aromatic carbocycles. The first kappa shape index (κ1) is 13.9. The molecule has 0 amide bonds. The Balaban J connectivity index is 1.75. The van der Waals surface area contributed by atoms with Crippen molar-refractivity contribution in [1.29, 1.82) is 0 Å². The van der Waals surface area contributed by atoms with Gasteiger partial charge in [0.25, 0.3) is 0 Å². The molecule has 0 aliphatic carbocycles. The zero-order valence-electron chi connectivity index (χ0n) is 12.5. The molecule has 2 aliphatic rings. The van der Waals surface area contributed by atoms with Gasteiger partial charge in [-0.05, 0) is 19.7 Å². The lowest BCUT2D eigenvalue weighted by molar-refractivity contribution is 0.0451. The Labute approximate surface area is 121 Å². The highest BCUT2D eigenvalue weighted by Gasteiger charge is 2.35. The van der Waals surface area contributed by atoms with Crippen LogP contribution in [0.3, 0.4) is 0 Å². The molecular weight excluding hydrogens is 250 g/mol. The van der Waals surface area contributed by atoms with Gasteiger partial charge in [-0.3, -0.25) is 4.90 Å². The fraction of sp³-hybridized carbons (Fsp3) is 0.625. The highest BCUT2D eigenvalue weighted by Crippen LogP contribution is 2.34. The van der Waals surface area contributed by atoms with Gasteiger partial charge in [0.05, 0.1) is 12.1 Å². The molecule has 1 saturated heterocycles. The average molecular weight is 275 g/mol. The summed E-state index contributed by atoms with van der Waals surface area (Å²) in [5, 5.41) is 3.50. The second-order valence-corrected chi connectivity index (χ2v) is 5.65. The number of rotatable bonds is 3. The quantitative estimate of drug-likeness (QED) is 0.901. The third-order valence-corrected chi connectivity index (χ3v) is 4.68. The van der Waals surface area contributed by atoms with E-state index in [0.717, 1.165) is 32.0 Å². The van der Waals surface area contributed by atoms with Crippen LogP contribution in [0, 0.1) is 0 Å². The number of para-hydroxylation sites is 1. The molecule has 1 fully saturated rings. The van der Waals surface area contributed by atoms with Crippen molar-refractivity contribution in [2.45, 2.75) is 19.0 Å². The van der Waals surface area contributed by atoms with E-state index in [1.54, 1.807) is 0 Å². The molecule has 3 rings (SSSR count). The number of nitrogens with zero attached hydrogens (tertiary/aromatic N) is 2. The van der Waals surface area contributed by atoms with E-state index in [9.17, 15) is 0 Å².